The van der Waals surface area contributed by atoms with Crippen LogP contribution < -0.4 is 5.73 Å². The molecule has 0 spiro atoms. The second-order valence-corrected chi connectivity index (χ2v) is 4.19. The third kappa shape index (κ3) is 2.52. The minimum absolute atomic E-state index is 0.0632. The highest BCUT2D eigenvalue weighted by Crippen LogP contribution is 2.24. The maximum Gasteiger partial charge on any atom is 0.270 e. The van der Waals surface area contributed by atoms with Gasteiger partial charge in [0.25, 0.3) is 5.69 Å². The number of hydrogen-bond donors (Lipinski definition) is 1. The van der Waals surface area contributed by atoms with Crippen molar-refractivity contribution in [3.63, 3.8) is 0 Å². The van der Waals surface area contributed by atoms with Gasteiger partial charge in [-0.05, 0) is 17.2 Å². The lowest BCUT2D eigenvalue weighted by Crippen LogP contribution is -2.08. The highest BCUT2D eigenvalue weighted by molar-refractivity contribution is 7.80. The highest BCUT2D eigenvalue weighted by Gasteiger charge is 2.07. The highest BCUT2D eigenvalue weighted by atomic mass is 32.1. The van der Waals surface area contributed by atoms with E-state index in [0.29, 0.717) is 4.99 Å². The van der Waals surface area contributed by atoms with Crippen LogP contribution in [-0.4, -0.2) is 9.91 Å². The lowest BCUT2D eigenvalue weighted by Gasteiger charge is -2.04. The Morgan fingerprint density at radius 2 is 1.72 bits per heavy atom. The van der Waals surface area contributed by atoms with Gasteiger partial charge in [-0.1, -0.05) is 42.5 Å². The van der Waals surface area contributed by atoms with Gasteiger partial charge in [0.05, 0.1) is 4.92 Å². The van der Waals surface area contributed by atoms with Crippen molar-refractivity contribution in [2.45, 2.75) is 0 Å². The zero-order valence-electron chi connectivity index (χ0n) is 9.37. The monoisotopic (exact) mass is 258 g/mol. The summed E-state index contributed by atoms with van der Waals surface area (Å²) in [7, 11) is 0. The van der Waals surface area contributed by atoms with Gasteiger partial charge in [0.2, 0.25) is 0 Å². The summed E-state index contributed by atoms with van der Waals surface area (Å²) in [5, 5.41) is 10.7. The largest absolute Gasteiger partial charge is 0.389 e. The van der Waals surface area contributed by atoms with E-state index < -0.39 is 4.92 Å². The molecular formula is C13H10N2O2S. The van der Waals surface area contributed by atoms with Gasteiger partial charge < -0.3 is 5.73 Å². The molecule has 2 aromatic rings. The van der Waals surface area contributed by atoms with Gasteiger partial charge in [0.1, 0.15) is 4.99 Å². The summed E-state index contributed by atoms with van der Waals surface area (Å²) in [5.74, 6) is 0. The second-order valence-electron chi connectivity index (χ2n) is 3.75. The van der Waals surface area contributed by atoms with Crippen LogP contribution in [0.25, 0.3) is 11.1 Å². The molecule has 0 heterocycles. The fourth-order valence-electron chi connectivity index (χ4n) is 1.65. The maximum atomic E-state index is 10.7. The lowest BCUT2D eigenvalue weighted by molar-refractivity contribution is -0.384. The fourth-order valence-corrected chi connectivity index (χ4v) is 1.78. The molecule has 0 aromatic heterocycles. The molecule has 0 unspecified atom stereocenters. The molecule has 0 atom stereocenters. The second kappa shape index (κ2) is 4.93. The molecule has 0 saturated carbocycles. The molecule has 2 aromatic carbocycles. The van der Waals surface area contributed by atoms with Crippen LogP contribution in [0.15, 0.2) is 48.5 Å². The molecule has 0 aliphatic heterocycles. The summed E-state index contributed by atoms with van der Waals surface area (Å²) in [6, 6.07) is 13.8. The summed E-state index contributed by atoms with van der Waals surface area (Å²) in [6.45, 7) is 0. The van der Waals surface area contributed by atoms with E-state index in [9.17, 15) is 10.1 Å². The van der Waals surface area contributed by atoms with Crippen LogP contribution in [0.2, 0.25) is 0 Å². The average Bonchev–Trinajstić information content (AvgIpc) is 2.39. The number of nitrogens with zero attached hydrogens (tertiary/aromatic N) is 1. The lowest BCUT2D eigenvalue weighted by atomic mass is 10.0. The normalized spacial score (nSPS) is 10.0. The Morgan fingerprint density at radius 1 is 1.11 bits per heavy atom. The number of hydrogen-bond acceptors (Lipinski definition) is 3. The molecule has 90 valence electrons. The summed E-state index contributed by atoms with van der Waals surface area (Å²) < 4.78 is 0. The van der Waals surface area contributed by atoms with Crippen LogP contribution in [0.4, 0.5) is 5.69 Å². The predicted octanol–water partition coefficient (Wildman–Crippen LogP) is 2.90. The third-order valence-corrected chi connectivity index (χ3v) is 2.77. The molecule has 0 amide bonds. The minimum atomic E-state index is -0.416. The Balaban J connectivity index is 2.48. The Bertz CT molecular complexity index is 570. The summed E-state index contributed by atoms with van der Waals surface area (Å²) in [4.78, 5) is 10.6. The van der Waals surface area contributed by atoms with Gasteiger partial charge in [0, 0.05) is 17.7 Å². The first-order chi connectivity index (χ1) is 8.58. The quantitative estimate of drug-likeness (QED) is 0.522. The third-order valence-electron chi connectivity index (χ3n) is 2.54. The van der Waals surface area contributed by atoms with E-state index in [-0.39, 0.29) is 5.69 Å². The van der Waals surface area contributed by atoms with Gasteiger partial charge in [-0.25, -0.2) is 0 Å². The molecule has 0 aliphatic rings. The van der Waals surface area contributed by atoms with Crippen molar-refractivity contribution < 1.29 is 4.92 Å². The van der Waals surface area contributed by atoms with Crippen molar-refractivity contribution in [2.75, 3.05) is 0 Å². The molecule has 2 N–H and O–H groups in total. The van der Waals surface area contributed by atoms with E-state index in [1.54, 1.807) is 6.07 Å². The molecule has 4 nitrogen and oxygen atoms in total. The number of nitro groups is 1. The van der Waals surface area contributed by atoms with E-state index >= 15 is 0 Å². The van der Waals surface area contributed by atoms with Crippen molar-refractivity contribution in [3.05, 3.63) is 64.2 Å². The molecule has 2 rings (SSSR count). The van der Waals surface area contributed by atoms with Crippen molar-refractivity contribution in [3.8, 4) is 11.1 Å². The van der Waals surface area contributed by atoms with Gasteiger partial charge in [0.15, 0.2) is 0 Å². The van der Waals surface area contributed by atoms with Gasteiger partial charge in [-0.15, -0.1) is 0 Å². The zero-order chi connectivity index (χ0) is 13.1. The first-order valence-electron chi connectivity index (χ1n) is 5.22. The molecule has 0 fully saturated rings. The molecule has 5 heteroatoms. The number of benzene rings is 2. The average molecular weight is 258 g/mol. The van der Waals surface area contributed by atoms with Crippen LogP contribution in [0.3, 0.4) is 0 Å². The predicted molar refractivity (Wildman–Crippen MR) is 74.4 cm³/mol. The van der Waals surface area contributed by atoms with Gasteiger partial charge >= 0.3 is 0 Å². The van der Waals surface area contributed by atoms with Crippen molar-refractivity contribution in [1.29, 1.82) is 0 Å². The first kappa shape index (κ1) is 12.2. The van der Waals surface area contributed by atoms with Crippen LogP contribution >= 0.6 is 12.2 Å². The SMILES string of the molecule is NC(=S)c1cccc(-c2cccc([N+](=O)[O-])c2)c1. The molecule has 18 heavy (non-hydrogen) atoms. The maximum absolute atomic E-state index is 10.7. The smallest absolute Gasteiger partial charge is 0.270 e. The Kier molecular flexibility index (Phi) is 3.34. The number of nitro benzene ring substituents is 1. The number of rotatable bonds is 3. The van der Waals surface area contributed by atoms with E-state index in [1.807, 2.05) is 30.3 Å². The summed E-state index contributed by atoms with van der Waals surface area (Å²) in [5.41, 5.74) is 7.99. The van der Waals surface area contributed by atoms with Crippen LogP contribution in [0, 0.1) is 10.1 Å². The molecular weight excluding hydrogens is 248 g/mol. The Hall–Kier alpha value is -2.27. The van der Waals surface area contributed by atoms with Crippen molar-refractivity contribution >= 4 is 22.9 Å². The zero-order valence-corrected chi connectivity index (χ0v) is 10.2. The standard InChI is InChI=1S/C13H10N2O2S/c14-13(18)11-5-1-3-9(7-11)10-4-2-6-12(8-10)15(16)17/h1-8H,(H2,14,18). The van der Waals surface area contributed by atoms with Crippen LogP contribution in [0.1, 0.15) is 5.56 Å². The summed E-state index contributed by atoms with van der Waals surface area (Å²) >= 11 is 4.91. The fraction of sp³-hybridized carbons (Fsp3) is 0. The van der Waals surface area contributed by atoms with Gasteiger partial charge in [-0.3, -0.25) is 10.1 Å². The molecule has 0 bridgehead atoms. The number of non-ortho nitro benzene ring substituents is 1. The molecule has 0 radical (unpaired) electrons. The van der Waals surface area contributed by atoms with Crippen LogP contribution in [0.5, 0.6) is 0 Å². The van der Waals surface area contributed by atoms with Crippen LogP contribution in [-0.2, 0) is 0 Å². The number of nitrogens with two attached hydrogens (primary N) is 1. The first-order valence-corrected chi connectivity index (χ1v) is 5.63. The van der Waals surface area contributed by atoms with E-state index in [0.717, 1.165) is 16.7 Å². The topological polar surface area (TPSA) is 69.2 Å². The Labute approximate surface area is 109 Å². The van der Waals surface area contributed by atoms with E-state index in [1.165, 1.54) is 12.1 Å². The molecule has 0 aliphatic carbocycles. The van der Waals surface area contributed by atoms with Gasteiger partial charge in [-0.2, -0.15) is 0 Å². The number of thiocarbonyl (C=S) groups is 1. The van der Waals surface area contributed by atoms with E-state index in [2.05, 4.69) is 0 Å². The molecule has 0 saturated heterocycles. The summed E-state index contributed by atoms with van der Waals surface area (Å²) in [6.07, 6.45) is 0. The van der Waals surface area contributed by atoms with Crippen molar-refractivity contribution in [2.24, 2.45) is 5.73 Å². The Morgan fingerprint density at radius 3 is 2.33 bits per heavy atom. The van der Waals surface area contributed by atoms with E-state index in [4.69, 9.17) is 18.0 Å². The minimum Gasteiger partial charge on any atom is -0.389 e. The van der Waals surface area contributed by atoms with Crippen molar-refractivity contribution in [1.82, 2.24) is 0 Å².